The molecule has 3 aromatic rings. The molecule has 2 aromatic carbocycles. The minimum atomic E-state index is -0.978. The van der Waals surface area contributed by atoms with Crippen molar-refractivity contribution in [1.82, 2.24) is 4.98 Å². The zero-order valence-electron chi connectivity index (χ0n) is 13.8. The number of rotatable bonds is 3. The Bertz CT molecular complexity index is 965. The molecule has 1 aromatic heterocycles. The Morgan fingerprint density at radius 3 is 2.69 bits per heavy atom. The van der Waals surface area contributed by atoms with Crippen molar-refractivity contribution in [3.63, 3.8) is 0 Å². The first-order chi connectivity index (χ1) is 12.6. The van der Waals surface area contributed by atoms with Gasteiger partial charge in [-0.3, -0.25) is 4.79 Å². The predicted octanol–water partition coefficient (Wildman–Crippen LogP) is 5.26. The number of amides is 1. The summed E-state index contributed by atoms with van der Waals surface area (Å²) >= 11 is 1.60. The Labute approximate surface area is 153 Å². The van der Waals surface area contributed by atoms with Crippen LogP contribution in [0.1, 0.15) is 23.8 Å². The number of carbonyl (C=O) groups is 1. The molecule has 3 nitrogen and oxygen atoms in total. The van der Waals surface area contributed by atoms with E-state index in [1.165, 1.54) is 6.07 Å². The summed E-state index contributed by atoms with van der Waals surface area (Å²) < 4.78 is 27.6. The quantitative estimate of drug-likeness (QED) is 0.639. The van der Waals surface area contributed by atoms with Crippen LogP contribution < -0.4 is 5.32 Å². The number of benzene rings is 2. The number of nitrogens with zero attached hydrogens (tertiary/aromatic N) is 1. The van der Waals surface area contributed by atoms with Crippen LogP contribution >= 0.6 is 11.3 Å². The minimum Gasteiger partial charge on any atom is -0.326 e. The van der Waals surface area contributed by atoms with Crippen molar-refractivity contribution < 1.29 is 13.6 Å². The lowest BCUT2D eigenvalue weighted by Gasteiger charge is -2.26. The molecule has 0 radical (unpaired) electrons. The summed E-state index contributed by atoms with van der Waals surface area (Å²) in [5.74, 6) is -2.44. The molecule has 0 bridgehead atoms. The predicted molar refractivity (Wildman–Crippen MR) is 99.2 cm³/mol. The molecular formula is C20H16F2N2OS. The van der Waals surface area contributed by atoms with Gasteiger partial charge in [0.1, 0.15) is 0 Å². The highest BCUT2D eigenvalue weighted by Crippen LogP contribution is 2.39. The van der Waals surface area contributed by atoms with Gasteiger partial charge in [0.05, 0.1) is 21.1 Å². The lowest BCUT2D eigenvalue weighted by Crippen LogP contribution is -2.29. The normalized spacial score (nSPS) is 19.6. The molecule has 2 unspecified atom stereocenters. The number of anilines is 1. The largest absolute Gasteiger partial charge is 0.326 e. The molecule has 0 aliphatic heterocycles. The average molecular weight is 370 g/mol. The molecule has 0 saturated carbocycles. The molecule has 26 heavy (non-hydrogen) atoms. The first-order valence-corrected chi connectivity index (χ1v) is 9.20. The summed E-state index contributed by atoms with van der Waals surface area (Å²) in [6.45, 7) is 0. The van der Waals surface area contributed by atoms with E-state index in [0.29, 0.717) is 6.42 Å². The van der Waals surface area contributed by atoms with Crippen LogP contribution in [0.5, 0.6) is 0 Å². The summed E-state index contributed by atoms with van der Waals surface area (Å²) in [4.78, 5) is 17.5. The van der Waals surface area contributed by atoms with E-state index in [-0.39, 0.29) is 23.4 Å². The van der Waals surface area contributed by atoms with Crippen molar-refractivity contribution in [1.29, 1.82) is 0 Å². The Hall–Kier alpha value is -2.60. The summed E-state index contributed by atoms with van der Waals surface area (Å²) in [6, 6.07) is 11.3. The van der Waals surface area contributed by atoms with Crippen LogP contribution in [0.2, 0.25) is 0 Å². The van der Waals surface area contributed by atoms with Crippen LogP contribution in [-0.4, -0.2) is 10.9 Å². The average Bonchev–Trinajstić information content (AvgIpc) is 3.09. The number of halogens is 2. The minimum absolute atomic E-state index is 0.0253. The van der Waals surface area contributed by atoms with Gasteiger partial charge in [-0.2, -0.15) is 0 Å². The van der Waals surface area contributed by atoms with E-state index < -0.39 is 11.6 Å². The molecule has 1 N–H and O–H groups in total. The summed E-state index contributed by atoms with van der Waals surface area (Å²) in [6.07, 6.45) is 5.38. The van der Waals surface area contributed by atoms with Crippen LogP contribution in [0.25, 0.3) is 10.2 Å². The lowest BCUT2D eigenvalue weighted by molar-refractivity contribution is -0.120. The van der Waals surface area contributed by atoms with Gasteiger partial charge >= 0.3 is 0 Å². The van der Waals surface area contributed by atoms with Crippen LogP contribution in [0.4, 0.5) is 14.5 Å². The number of thiazole rings is 1. The van der Waals surface area contributed by atoms with Crippen molar-refractivity contribution >= 4 is 33.1 Å². The van der Waals surface area contributed by atoms with Crippen LogP contribution in [-0.2, 0) is 4.79 Å². The monoisotopic (exact) mass is 370 g/mol. The van der Waals surface area contributed by atoms with Crippen LogP contribution in [0.3, 0.4) is 0 Å². The van der Waals surface area contributed by atoms with Gasteiger partial charge in [-0.25, -0.2) is 13.8 Å². The number of aromatic nitrogens is 1. The third-order valence-corrected chi connectivity index (χ3v) is 5.75. The standard InChI is InChI=1S/C20H16F2N2OS/c21-15-10-9-12(11-16(15)22)23-19(25)13-5-1-2-6-14(13)20-24-17-7-3-4-8-18(17)26-20/h1-4,7-11,13-14H,5-6H2,(H,23,25). The van der Waals surface area contributed by atoms with Gasteiger partial charge in [0, 0.05) is 17.7 Å². The SMILES string of the molecule is O=C(Nc1ccc(F)c(F)c1)C1CC=CCC1c1nc2ccccc2s1. The van der Waals surface area contributed by atoms with Gasteiger partial charge in [0.2, 0.25) is 5.91 Å². The fraction of sp³-hybridized carbons (Fsp3) is 0.200. The number of hydrogen-bond donors (Lipinski definition) is 1. The van der Waals surface area contributed by atoms with E-state index in [4.69, 9.17) is 4.98 Å². The maximum atomic E-state index is 13.4. The number of hydrogen-bond acceptors (Lipinski definition) is 3. The maximum absolute atomic E-state index is 13.4. The molecule has 1 aliphatic rings. The van der Waals surface area contributed by atoms with Gasteiger partial charge in [0.15, 0.2) is 11.6 Å². The molecule has 4 rings (SSSR count). The molecule has 1 amide bonds. The first-order valence-electron chi connectivity index (χ1n) is 8.38. The molecule has 0 spiro atoms. The molecule has 0 fully saturated rings. The van der Waals surface area contributed by atoms with E-state index in [2.05, 4.69) is 11.4 Å². The topological polar surface area (TPSA) is 42.0 Å². The van der Waals surface area contributed by atoms with Gasteiger partial charge in [0.25, 0.3) is 0 Å². The van der Waals surface area contributed by atoms with Gasteiger partial charge in [-0.15, -0.1) is 11.3 Å². The highest BCUT2D eigenvalue weighted by Gasteiger charge is 2.32. The maximum Gasteiger partial charge on any atom is 0.228 e. The van der Waals surface area contributed by atoms with Gasteiger partial charge < -0.3 is 5.32 Å². The lowest BCUT2D eigenvalue weighted by atomic mass is 9.82. The Kier molecular flexibility index (Phi) is 4.51. The highest BCUT2D eigenvalue weighted by atomic mass is 32.1. The van der Waals surface area contributed by atoms with E-state index in [0.717, 1.165) is 33.8 Å². The molecule has 0 saturated heterocycles. The number of nitrogens with one attached hydrogen (secondary N) is 1. The van der Waals surface area contributed by atoms with Crippen LogP contribution in [0, 0.1) is 17.6 Å². The fourth-order valence-corrected chi connectivity index (χ4v) is 4.38. The van der Waals surface area contributed by atoms with E-state index in [1.54, 1.807) is 11.3 Å². The Balaban J connectivity index is 1.59. The second-order valence-corrected chi connectivity index (χ2v) is 7.36. The smallest absolute Gasteiger partial charge is 0.228 e. The summed E-state index contributed by atoms with van der Waals surface area (Å²) in [5.41, 5.74) is 1.19. The number of allylic oxidation sites excluding steroid dienone is 2. The van der Waals surface area contributed by atoms with E-state index >= 15 is 0 Å². The van der Waals surface area contributed by atoms with Gasteiger partial charge in [-0.05, 0) is 37.1 Å². The molecular weight excluding hydrogens is 354 g/mol. The first kappa shape index (κ1) is 16.8. The van der Waals surface area contributed by atoms with Crippen molar-refractivity contribution in [2.24, 2.45) is 5.92 Å². The zero-order chi connectivity index (χ0) is 18.1. The van der Waals surface area contributed by atoms with E-state index in [9.17, 15) is 13.6 Å². The molecule has 6 heteroatoms. The molecule has 2 atom stereocenters. The second-order valence-electron chi connectivity index (χ2n) is 6.29. The Morgan fingerprint density at radius 1 is 1.08 bits per heavy atom. The van der Waals surface area contributed by atoms with Crippen LogP contribution in [0.15, 0.2) is 54.6 Å². The van der Waals surface area contributed by atoms with Crippen molar-refractivity contribution in [3.05, 3.63) is 71.3 Å². The van der Waals surface area contributed by atoms with E-state index in [1.807, 2.05) is 30.3 Å². The molecule has 132 valence electrons. The van der Waals surface area contributed by atoms with Gasteiger partial charge in [-0.1, -0.05) is 24.3 Å². The second kappa shape index (κ2) is 6.96. The summed E-state index contributed by atoms with van der Waals surface area (Å²) in [5, 5.41) is 3.64. The van der Waals surface area contributed by atoms with Crippen molar-refractivity contribution in [2.45, 2.75) is 18.8 Å². The molecule has 1 heterocycles. The molecule has 1 aliphatic carbocycles. The third kappa shape index (κ3) is 3.24. The number of para-hydroxylation sites is 1. The number of fused-ring (bicyclic) bond motifs is 1. The van der Waals surface area contributed by atoms with Crippen molar-refractivity contribution in [2.75, 3.05) is 5.32 Å². The Morgan fingerprint density at radius 2 is 1.88 bits per heavy atom. The number of carbonyl (C=O) groups excluding carboxylic acids is 1. The fourth-order valence-electron chi connectivity index (χ4n) is 3.23. The van der Waals surface area contributed by atoms with Crippen molar-refractivity contribution in [3.8, 4) is 0 Å². The zero-order valence-corrected chi connectivity index (χ0v) is 14.6. The summed E-state index contributed by atoms with van der Waals surface area (Å²) in [7, 11) is 0. The third-order valence-electron chi connectivity index (χ3n) is 4.58. The highest BCUT2D eigenvalue weighted by molar-refractivity contribution is 7.18.